The molecule has 0 saturated heterocycles. The molecule has 0 atom stereocenters. The van der Waals surface area contributed by atoms with Gasteiger partial charge in [-0.05, 0) is 18.2 Å². The van der Waals surface area contributed by atoms with Crippen molar-refractivity contribution in [3.05, 3.63) is 59.1 Å². The standard InChI is InChI=1S/C14H12ClFN4/c1-19(9-10-2-3-11(15)8-12(10)16)14-5-6-17-13-4-7-18-20(13)14/h2-8H,9H2,1H3. The van der Waals surface area contributed by atoms with E-state index in [-0.39, 0.29) is 5.82 Å². The van der Waals surface area contributed by atoms with Gasteiger partial charge in [-0.1, -0.05) is 17.7 Å². The highest BCUT2D eigenvalue weighted by Gasteiger charge is 2.10. The second kappa shape index (κ2) is 5.09. The third-order valence-corrected chi connectivity index (χ3v) is 3.32. The fraction of sp³-hybridized carbons (Fsp3) is 0.143. The van der Waals surface area contributed by atoms with Crippen LogP contribution in [0.15, 0.2) is 42.7 Å². The lowest BCUT2D eigenvalue weighted by atomic mass is 10.2. The summed E-state index contributed by atoms with van der Waals surface area (Å²) in [5, 5.41) is 4.61. The molecular formula is C14H12ClFN4. The third kappa shape index (κ3) is 2.32. The number of fused-ring (bicyclic) bond motifs is 1. The number of anilines is 1. The Morgan fingerprint density at radius 2 is 2.10 bits per heavy atom. The van der Waals surface area contributed by atoms with Gasteiger partial charge in [-0.15, -0.1) is 0 Å². The molecule has 0 bridgehead atoms. The summed E-state index contributed by atoms with van der Waals surface area (Å²) < 4.78 is 15.6. The van der Waals surface area contributed by atoms with Crippen LogP contribution in [0.4, 0.5) is 10.2 Å². The maximum absolute atomic E-state index is 13.8. The second-order valence-electron chi connectivity index (χ2n) is 4.50. The molecule has 1 aromatic carbocycles. The van der Waals surface area contributed by atoms with Crippen molar-refractivity contribution in [3.63, 3.8) is 0 Å². The molecule has 0 amide bonds. The van der Waals surface area contributed by atoms with Crippen LogP contribution in [-0.4, -0.2) is 21.6 Å². The molecule has 102 valence electrons. The van der Waals surface area contributed by atoms with Crippen LogP contribution in [0.1, 0.15) is 5.56 Å². The Morgan fingerprint density at radius 1 is 1.25 bits per heavy atom. The van der Waals surface area contributed by atoms with E-state index >= 15 is 0 Å². The summed E-state index contributed by atoms with van der Waals surface area (Å²) >= 11 is 5.76. The molecule has 2 aromatic heterocycles. The van der Waals surface area contributed by atoms with Gasteiger partial charge in [-0.2, -0.15) is 9.61 Å². The van der Waals surface area contributed by atoms with Crippen molar-refractivity contribution in [3.8, 4) is 0 Å². The van der Waals surface area contributed by atoms with E-state index in [1.807, 2.05) is 24.1 Å². The van der Waals surface area contributed by atoms with Gasteiger partial charge in [0.05, 0.1) is 6.20 Å². The third-order valence-electron chi connectivity index (χ3n) is 3.08. The zero-order chi connectivity index (χ0) is 14.1. The summed E-state index contributed by atoms with van der Waals surface area (Å²) in [6, 6.07) is 8.36. The van der Waals surface area contributed by atoms with Crippen LogP contribution in [0.25, 0.3) is 5.65 Å². The van der Waals surface area contributed by atoms with E-state index in [0.717, 1.165) is 11.5 Å². The lowest BCUT2D eigenvalue weighted by Crippen LogP contribution is -2.20. The molecule has 0 radical (unpaired) electrons. The molecule has 3 aromatic rings. The van der Waals surface area contributed by atoms with E-state index < -0.39 is 0 Å². The van der Waals surface area contributed by atoms with E-state index in [2.05, 4.69) is 10.1 Å². The number of hydrogen-bond acceptors (Lipinski definition) is 3. The summed E-state index contributed by atoms with van der Waals surface area (Å²) in [4.78, 5) is 6.11. The summed E-state index contributed by atoms with van der Waals surface area (Å²) in [5.41, 5.74) is 1.33. The molecule has 0 fully saturated rings. The monoisotopic (exact) mass is 290 g/mol. The smallest absolute Gasteiger partial charge is 0.157 e. The van der Waals surface area contributed by atoms with Gasteiger partial charge in [0, 0.05) is 36.4 Å². The number of halogens is 2. The van der Waals surface area contributed by atoms with Crippen molar-refractivity contribution in [2.75, 3.05) is 11.9 Å². The topological polar surface area (TPSA) is 33.4 Å². The van der Waals surface area contributed by atoms with Gasteiger partial charge in [0.1, 0.15) is 11.6 Å². The first-order valence-corrected chi connectivity index (χ1v) is 6.47. The zero-order valence-electron chi connectivity index (χ0n) is 10.8. The SMILES string of the molecule is CN(Cc1ccc(Cl)cc1F)c1ccnc2ccnn12. The first kappa shape index (κ1) is 12.9. The maximum atomic E-state index is 13.8. The fourth-order valence-corrected chi connectivity index (χ4v) is 2.26. The zero-order valence-corrected chi connectivity index (χ0v) is 11.5. The van der Waals surface area contributed by atoms with Crippen molar-refractivity contribution in [1.82, 2.24) is 14.6 Å². The molecule has 0 saturated carbocycles. The number of rotatable bonds is 3. The van der Waals surface area contributed by atoms with Gasteiger partial charge in [-0.25, -0.2) is 9.37 Å². The summed E-state index contributed by atoms with van der Waals surface area (Å²) in [6.07, 6.45) is 3.39. The minimum Gasteiger partial charge on any atom is -0.355 e. The molecule has 3 rings (SSSR count). The van der Waals surface area contributed by atoms with E-state index in [1.165, 1.54) is 6.07 Å². The number of benzene rings is 1. The Balaban J connectivity index is 1.93. The highest BCUT2D eigenvalue weighted by atomic mass is 35.5. The van der Waals surface area contributed by atoms with Crippen molar-refractivity contribution >= 4 is 23.1 Å². The van der Waals surface area contributed by atoms with Gasteiger partial charge >= 0.3 is 0 Å². The molecule has 0 aliphatic heterocycles. The first-order chi connectivity index (χ1) is 9.65. The van der Waals surface area contributed by atoms with Gasteiger partial charge < -0.3 is 4.90 Å². The van der Waals surface area contributed by atoms with Crippen molar-refractivity contribution in [2.24, 2.45) is 0 Å². The Bertz CT molecular complexity index is 756. The second-order valence-corrected chi connectivity index (χ2v) is 4.93. The van der Waals surface area contributed by atoms with Gasteiger partial charge in [0.25, 0.3) is 0 Å². The predicted octanol–water partition coefficient (Wildman–Crippen LogP) is 3.16. The molecule has 20 heavy (non-hydrogen) atoms. The molecule has 6 heteroatoms. The molecule has 4 nitrogen and oxygen atoms in total. The van der Waals surface area contributed by atoms with Crippen LogP contribution in [0.3, 0.4) is 0 Å². The molecule has 0 N–H and O–H groups in total. The minimum atomic E-state index is -0.310. The van der Waals surface area contributed by atoms with Crippen LogP contribution >= 0.6 is 11.6 Å². The molecule has 2 heterocycles. The van der Waals surface area contributed by atoms with Crippen molar-refractivity contribution in [1.29, 1.82) is 0 Å². The average molecular weight is 291 g/mol. The summed E-state index contributed by atoms with van der Waals surface area (Å²) in [7, 11) is 1.88. The Labute approximate surface area is 120 Å². The van der Waals surface area contributed by atoms with E-state index in [4.69, 9.17) is 11.6 Å². The van der Waals surface area contributed by atoms with Gasteiger partial charge in [0.15, 0.2) is 5.65 Å². The normalized spacial score (nSPS) is 10.9. The van der Waals surface area contributed by atoms with Gasteiger partial charge in [-0.3, -0.25) is 0 Å². The highest BCUT2D eigenvalue weighted by Crippen LogP contribution is 2.19. The number of aromatic nitrogens is 3. The van der Waals surface area contributed by atoms with Crippen molar-refractivity contribution < 1.29 is 4.39 Å². The van der Waals surface area contributed by atoms with E-state index in [1.54, 1.807) is 29.0 Å². The first-order valence-electron chi connectivity index (χ1n) is 6.09. The minimum absolute atomic E-state index is 0.310. The van der Waals surface area contributed by atoms with Crippen LogP contribution in [0.2, 0.25) is 5.02 Å². The van der Waals surface area contributed by atoms with Gasteiger partial charge in [0.2, 0.25) is 0 Å². The Morgan fingerprint density at radius 3 is 2.90 bits per heavy atom. The van der Waals surface area contributed by atoms with Crippen LogP contribution in [0.5, 0.6) is 0 Å². The average Bonchev–Trinajstić information content (AvgIpc) is 2.90. The predicted molar refractivity (Wildman–Crippen MR) is 76.5 cm³/mol. The van der Waals surface area contributed by atoms with Crippen LogP contribution in [-0.2, 0) is 6.54 Å². The van der Waals surface area contributed by atoms with E-state index in [0.29, 0.717) is 17.1 Å². The summed E-state index contributed by atoms with van der Waals surface area (Å²) in [5.74, 6) is 0.532. The largest absolute Gasteiger partial charge is 0.355 e. The summed E-state index contributed by atoms with van der Waals surface area (Å²) in [6.45, 7) is 0.419. The molecule has 0 unspecified atom stereocenters. The fourth-order valence-electron chi connectivity index (χ4n) is 2.10. The lowest BCUT2D eigenvalue weighted by Gasteiger charge is -2.20. The van der Waals surface area contributed by atoms with E-state index in [9.17, 15) is 4.39 Å². The van der Waals surface area contributed by atoms with Crippen LogP contribution < -0.4 is 4.90 Å². The van der Waals surface area contributed by atoms with Crippen LogP contribution in [0, 0.1) is 5.82 Å². The molecule has 0 aliphatic rings. The molecular weight excluding hydrogens is 279 g/mol. The Hall–Kier alpha value is -2.14. The lowest BCUT2D eigenvalue weighted by molar-refractivity contribution is 0.607. The Kier molecular flexibility index (Phi) is 3.28. The van der Waals surface area contributed by atoms with Crippen molar-refractivity contribution in [2.45, 2.75) is 6.54 Å². The number of nitrogens with zero attached hydrogens (tertiary/aromatic N) is 4. The maximum Gasteiger partial charge on any atom is 0.157 e. The number of hydrogen-bond donors (Lipinski definition) is 0. The highest BCUT2D eigenvalue weighted by molar-refractivity contribution is 6.30. The molecule has 0 spiro atoms. The molecule has 0 aliphatic carbocycles. The quantitative estimate of drug-likeness (QED) is 0.743.